The van der Waals surface area contributed by atoms with Crippen molar-refractivity contribution in [3.63, 3.8) is 0 Å². The normalized spacial score (nSPS) is 12.8. The zero-order chi connectivity index (χ0) is 11.3. The van der Waals surface area contributed by atoms with Gasteiger partial charge >= 0.3 is 0 Å². The molecule has 0 fully saturated rings. The highest BCUT2D eigenvalue weighted by molar-refractivity contribution is 5.83. The molecule has 15 heavy (non-hydrogen) atoms. The Kier molecular flexibility index (Phi) is 4.50. The molecule has 1 atom stereocenters. The summed E-state index contributed by atoms with van der Waals surface area (Å²) in [6.45, 7) is 4.71. The third kappa shape index (κ3) is 3.48. The second kappa shape index (κ2) is 5.66. The quantitative estimate of drug-likeness (QED) is 0.736. The molecule has 0 saturated heterocycles. The van der Waals surface area contributed by atoms with Crippen molar-refractivity contribution in [1.29, 1.82) is 0 Å². The van der Waals surface area contributed by atoms with Gasteiger partial charge in [-0.2, -0.15) is 0 Å². The molecule has 0 spiro atoms. The van der Waals surface area contributed by atoms with Crippen LogP contribution in [-0.4, -0.2) is 23.8 Å². The van der Waals surface area contributed by atoms with Gasteiger partial charge in [0.2, 0.25) is 0 Å². The van der Waals surface area contributed by atoms with Crippen molar-refractivity contribution in [2.24, 2.45) is 0 Å². The van der Waals surface area contributed by atoms with E-state index in [1.54, 1.807) is 0 Å². The SMILES string of the molecule is CCC(=O)C(C)N(C)Cc1ccccc1. The molecular weight excluding hydrogens is 186 g/mol. The van der Waals surface area contributed by atoms with Gasteiger partial charge in [-0.3, -0.25) is 9.69 Å². The van der Waals surface area contributed by atoms with Gasteiger partial charge in [0.25, 0.3) is 0 Å². The molecule has 0 aromatic heterocycles. The summed E-state index contributed by atoms with van der Waals surface area (Å²) in [5.74, 6) is 0.299. The van der Waals surface area contributed by atoms with Gasteiger partial charge in [-0.15, -0.1) is 0 Å². The van der Waals surface area contributed by atoms with Gasteiger partial charge in [-0.05, 0) is 19.5 Å². The number of rotatable bonds is 5. The van der Waals surface area contributed by atoms with Crippen molar-refractivity contribution in [2.45, 2.75) is 32.9 Å². The molecule has 0 aliphatic rings. The van der Waals surface area contributed by atoms with E-state index in [1.807, 2.05) is 39.1 Å². The molecule has 82 valence electrons. The molecule has 0 aliphatic carbocycles. The number of hydrogen-bond acceptors (Lipinski definition) is 2. The second-order valence-electron chi connectivity index (χ2n) is 3.90. The first-order chi connectivity index (χ1) is 7.15. The summed E-state index contributed by atoms with van der Waals surface area (Å²) in [7, 11) is 1.99. The third-order valence-electron chi connectivity index (χ3n) is 2.75. The van der Waals surface area contributed by atoms with Crippen LogP contribution in [0.15, 0.2) is 30.3 Å². The first kappa shape index (κ1) is 11.9. The van der Waals surface area contributed by atoms with Crippen LogP contribution >= 0.6 is 0 Å². The molecule has 1 aromatic rings. The monoisotopic (exact) mass is 205 g/mol. The van der Waals surface area contributed by atoms with Crippen molar-refractivity contribution in [3.05, 3.63) is 35.9 Å². The molecule has 0 N–H and O–H groups in total. The Bertz CT molecular complexity index is 308. The fraction of sp³-hybridized carbons (Fsp3) is 0.462. The lowest BCUT2D eigenvalue weighted by molar-refractivity contribution is -0.123. The van der Waals surface area contributed by atoms with Crippen LogP contribution in [0.25, 0.3) is 0 Å². The molecule has 0 amide bonds. The molecule has 1 aromatic carbocycles. The average molecular weight is 205 g/mol. The zero-order valence-corrected chi connectivity index (χ0v) is 9.73. The molecule has 0 aliphatic heterocycles. The van der Waals surface area contributed by atoms with Crippen molar-refractivity contribution in [3.8, 4) is 0 Å². The Balaban J connectivity index is 2.56. The minimum absolute atomic E-state index is 0.00945. The molecule has 1 unspecified atom stereocenters. The number of carbonyl (C=O) groups is 1. The van der Waals surface area contributed by atoms with E-state index in [-0.39, 0.29) is 6.04 Å². The summed E-state index contributed by atoms with van der Waals surface area (Å²) < 4.78 is 0. The Morgan fingerprint density at radius 2 is 1.93 bits per heavy atom. The highest BCUT2D eigenvalue weighted by Gasteiger charge is 2.15. The van der Waals surface area contributed by atoms with E-state index in [1.165, 1.54) is 5.56 Å². The van der Waals surface area contributed by atoms with Gasteiger partial charge in [0.05, 0.1) is 6.04 Å². The number of ketones is 1. The molecule has 0 bridgehead atoms. The van der Waals surface area contributed by atoms with E-state index in [9.17, 15) is 4.79 Å². The summed E-state index contributed by atoms with van der Waals surface area (Å²) in [4.78, 5) is 13.6. The van der Waals surface area contributed by atoms with Crippen LogP contribution in [0.3, 0.4) is 0 Å². The number of benzene rings is 1. The number of Topliss-reactive ketones (excluding diaryl/α,β-unsaturated/α-hetero) is 1. The van der Waals surface area contributed by atoms with Gasteiger partial charge in [0, 0.05) is 13.0 Å². The van der Waals surface area contributed by atoms with E-state index in [2.05, 4.69) is 17.0 Å². The molecule has 0 heterocycles. The van der Waals surface area contributed by atoms with Gasteiger partial charge in [0.15, 0.2) is 0 Å². The van der Waals surface area contributed by atoms with Gasteiger partial charge < -0.3 is 0 Å². The summed E-state index contributed by atoms with van der Waals surface area (Å²) in [5.41, 5.74) is 1.25. The minimum atomic E-state index is 0.00945. The highest BCUT2D eigenvalue weighted by atomic mass is 16.1. The number of hydrogen-bond donors (Lipinski definition) is 0. The lowest BCUT2D eigenvalue weighted by Gasteiger charge is -2.23. The fourth-order valence-corrected chi connectivity index (χ4v) is 1.55. The predicted molar refractivity (Wildman–Crippen MR) is 62.7 cm³/mol. The molecule has 0 radical (unpaired) electrons. The van der Waals surface area contributed by atoms with Crippen LogP contribution in [0.4, 0.5) is 0 Å². The van der Waals surface area contributed by atoms with E-state index < -0.39 is 0 Å². The standard InChI is InChI=1S/C13H19NO/c1-4-13(15)11(2)14(3)10-12-8-6-5-7-9-12/h5-9,11H,4,10H2,1-3H3. The van der Waals surface area contributed by atoms with Gasteiger partial charge in [-0.1, -0.05) is 37.3 Å². The lowest BCUT2D eigenvalue weighted by atomic mass is 10.1. The van der Waals surface area contributed by atoms with Crippen LogP contribution in [0, 0.1) is 0 Å². The van der Waals surface area contributed by atoms with Crippen LogP contribution in [0.1, 0.15) is 25.8 Å². The fourth-order valence-electron chi connectivity index (χ4n) is 1.55. The highest BCUT2D eigenvalue weighted by Crippen LogP contribution is 2.07. The largest absolute Gasteiger partial charge is 0.298 e. The van der Waals surface area contributed by atoms with Crippen molar-refractivity contribution in [2.75, 3.05) is 7.05 Å². The lowest BCUT2D eigenvalue weighted by Crippen LogP contribution is -2.35. The second-order valence-corrected chi connectivity index (χ2v) is 3.90. The first-order valence-electron chi connectivity index (χ1n) is 5.42. The maximum absolute atomic E-state index is 11.5. The van der Waals surface area contributed by atoms with Crippen LogP contribution < -0.4 is 0 Å². The Morgan fingerprint density at radius 3 is 2.47 bits per heavy atom. The smallest absolute Gasteiger partial charge is 0.149 e. The van der Waals surface area contributed by atoms with Crippen molar-refractivity contribution in [1.82, 2.24) is 4.90 Å². The third-order valence-corrected chi connectivity index (χ3v) is 2.75. The van der Waals surface area contributed by atoms with Crippen LogP contribution in [0.2, 0.25) is 0 Å². The number of nitrogens with zero attached hydrogens (tertiary/aromatic N) is 1. The topological polar surface area (TPSA) is 20.3 Å². The Morgan fingerprint density at radius 1 is 1.33 bits per heavy atom. The predicted octanol–water partition coefficient (Wildman–Crippen LogP) is 2.49. The number of likely N-dealkylation sites (N-methyl/N-ethyl adjacent to an activating group) is 1. The average Bonchev–Trinajstić information content (AvgIpc) is 2.28. The van der Waals surface area contributed by atoms with Crippen molar-refractivity contribution >= 4 is 5.78 Å². The van der Waals surface area contributed by atoms with Crippen LogP contribution in [0.5, 0.6) is 0 Å². The van der Waals surface area contributed by atoms with E-state index >= 15 is 0 Å². The Hall–Kier alpha value is -1.15. The summed E-state index contributed by atoms with van der Waals surface area (Å²) in [6, 6.07) is 10.2. The first-order valence-corrected chi connectivity index (χ1v) is 5.42. The Labute approximate surface area is 91.9 Å². The summed E-state index contributed by atoms with van der Waals surface area (Å²) in [6.07, 6.45) is 0.611. The summed E-state index contributed by atoms with van der Waals surface area (Å²) >= 11 is 0. The number of carbonyl (C=O) groups excluding carboxylic acids is 1. The molecular formula is C13H19NO. The minimum Gasteiger partial charge on any atom is -0.298 e. The van der Waals surface area contributed by atoms with Gasteiger partial charge in [-0.25, -0.2) is 0 Å². The summed E-state index contributed by atoms with van der Waals surface area (Å²) in [5, 5.41) is 0. The van der Waals surface area contributed by atoms with E-state index in [0.717, 1.165) is 6.54 Å². The maximum Gasteiger partial charge on any atom is 0.149 e. The van der Waals surface area contributed by atoms with E-state index in [0.29, 0.717) is 12.2 Å². The van der Waals surface area contributed by atoms with Gasteiger partial charge in [0.1, 0.15) is 5.78 Å². The molecule has 1 rings (SSSR count). The van der Waals surface area contributed by atoms with Crippen molar-refractivity contribution < 1.29 is 4.79 Å². The zero-order valence-electron chi connectivity index (χ0n) is 9.73. The molecule has 2 nitrogen and oxygen atoms in total. The maximum atomic E-state index is 11.5. The van der Waals surface area contributed by atoms with Crippen LogP contribution in [-0.2, 0) is 11.3 Å². The molecule has 2 heteroatoms. The van der Waals surface area contributed by atoms with E-state index in [4.69, 9.17) is 0 Å². The molecule has 0 saturated carbocycles.